The van der Waals surface area contributed by atoms with Crippen molar-refractivity contribution in [3.8, 4) is 0 Å². The van der Waals surface area contributed by atoms with Gasteiger partial charge in [-0.25, -0.2) is 9.48 Å². The Balaban J connectivity index is 1.60. The molecule has 25 heavy (non-hydrogen) atoms. The summed E-state index contributed by atoms with van der Waals surface area (Å²) in [7, 11) is 1.35. The molecular formula is C17H26N6O2. The minimum absolute atomic E-state index is 0.267. The molecule has 1 aliphatic heterocycles. The number of aryl methyl sites for hydroxylation is 2. The Bertz CT molecular complexity index is 742. The molecule has 0 spiro atoms. The third-order valence-electron chi connectivity index (χ3n) is 5.05. The molecule has 2 aromatic rings. The molecule has 3 rings (SSSR count). The molecule has 8 heteroatoms. The molecule has 3 heterocycles. The molecule has 0 atom stereocenters. The highest BCUT2D eigenvalue weighted by Gasteiger charge is 2.24. The lowest BCUT2D eigenvalue weighted by atomic mass is 10.0. The van der Waals surface area contributed by atoms with Crippen molar-refractivity contribution in [1.29, 1.82) is 0 Å². The molecule has 0 radical (unpaired) electrons. The second kappa shape index (κ2) is 7.35. The van der Waals surface area contributed by atoms with Crippen LogP contribution in [0.1, 0.15) is 53.2 Å². The van der Waals surface area contributed by atoms with Crippen molar-refractivity contribution < 1.29 is 9.53 Å². The summed E-state index contributed by atoms with van der Waals surface area (Å²) < 4.78 is 8.55. The molecule has 0 N–H and O–H groups in total. The first-order valence-electron chi connectivity index (χ1n) is 8.78. The van der Waals surface area contributed by atoms with E-state index in [2.05, 4.69) is 50.5 Å². The number of nitrogens with zero attached hydrogens (tertiary/aromatic N) is 6. The number of ether oxygens (including phenoxy) is 1. The second-order valence-corrected chi connectivity index (χ2v) is 6.55. The third kappa shape index (κ3) is 3.58. The number of carbonyl (C=O) groups is 1. The van der Waals surface area contributed by atoms with Gasteiger partial charge >= 0.3 is 5.97 Å². The van der Waals surface area contributed by atoms with Crippen LogP contribution in [0.25, 0.3) is 0 Å². The van der Waals surface area contributed by atoms with Crippen molar-refractivity contribution in [3.63, 3.8) is 0 Å². The summed E-state index contributed by atoms with van der Waals surface area (Å²) in [5, 5.41) is 12.6. The molecule has 0 saturated carbocycles. The van der Waals surface area contributed by atoms with Crippen molar-refractivity contribution in [2.24, 2.45) is 0 Å². The van der Waals surface area contributed by atoms with Gasteiger partial charge in [-0.2, -0.15) is 5.10 Å². The molecule has 8 nitrogen and oxygen atoms in total. The number of aromatic nitrogens is 5. The first kappa shape index (κ1) is 17.6. The van der Waals surface area contributed by atoms with Crippen LogP contribution in [0, 0.1) is 13.8 Å². The van der Waals surface area contributed by atoms with Crippen LogP contribution in [-0.4, -0.2) is 55.8 Å². The number of hydrogen-bond donors (Lipinski definition) is 0. The van der Waals surface area contributed by atoms with Gasteiger partial charge in [0.15, 0.2) is 5.69 Å². The van der Waals surface area contributed by atoms with Crippen LogP contribution in [0.15, 0.2) is 6.20 Å². The highest BCUT2D eigenvalue weighted by molar-refractivity contribution is 5.86. The summed E-state index contributed by atoms with van der Waals surface area (Å²) in [5.41, 5.74) is 4.00. The van der Waals surface area contributed by atoms with Gasteiger partial charge in [-0.05, 0) is 33.6 Å². The molecule has 0 aliphatic carbocycles. The van der Waals surface area contributed by atoms with Crippen LogP contribution >= 0.6 is 0 Å². The summed E-state index contributed by atoms with van der Waals surface area (Å²) in [5.74, 6) is -0.442. The summed E-state index contributed by atoms with van der Waals surface area (Å²) in [6, 6.07) is 0.280. The van der Waals surface area contributed by atoms with Gasteiger partial charge in [-0.3, -0.25) is 9.58 Å². The maximum absolute atomic E-state index is 11.5. The number of methoxy groups -OCH3 is 1. The predicted molar refractivity (Wildman–Crippen MR) is 92.3 cm³/mol. The lowest BCUT2D eigenvalue weighted by molar-refractivity contribution is 0.0594. The largest absolute Gasteiger partial charge is 0.464 e. The summed E-state index contributed by atoms with van der Waals surface area (Å²) >= 11 is 0. The smallest absolute Gasteiger partial charge is 0.360 e. The molecule has 2 aromatic heterocycles. The first-order chi connectivity index (χ1) is 12.0. The van der Waals surface area contributed by atoms with E-state index in [1.807, 2.05) is 0 Å². The Kier molecular flexibility index (Phi) is 5.17. The van der Waals surface area contributed by atoms with Gasteiger partial charge in [0.2, 0.25) is 0 Å². The monoisotopic (exact) mass is 346 g/mol. The Morgan fingerprint density at radius 3 is 2.64 bits per heavy atom. The first-order valence-corrected chi connectivity index (χ1v) is 8.78. The zero-order chi connectivity index (χ0) is 18.0. The lowest BCUT2D eigenvalue weighted by Crippen LogP contribution is -2.34. The third-order valence-corrected chi connectivity index (χ3v) is 5.05. The molecule has 1 saturated heterocycles. The number of rotatable bonds is 5. The topological polar surface area (TPSA) is 78.1 Å². The Labute approximate surface area is 147 Å². The van der Waals surface area contributed by atoms with Gasteiger partial charge in [-0.1, -0.05) is 5.21 Å². The van der Waals surface area contributed by atoms with E-state index in [-0.39, 0.29) is 11.7 Å². The summed E-state index contributed by atoms with van der Waals surface area (Å²) in [6.45, 7) is 10.2. The van der Waals surface area contributed by atoms with Gasteiger partial charge in [0.05, 0.1) is 25.0 Å². The van der Waals surface area contributed by atoms with E-state index in [9.17, 15) is 4.79 Å². The Morgan fingerprint density at radius 2 is 2.04 bits per heavy atom. The number of esters is 1. The minimum Gasteiger partial charge on any atom is -0.464 e. The van der Waals surface area contributed by atoms with Crippen LogP contribution in [-0.2, 0) is 17.8 Å². The maximum Gasteiger partial charge on any atom is 0.360 e. The SMILES string of the molecule is CCn1nc(C)c(CN2CCC(n3cc(C(=O)OC)nn3)CC2)c1C. The maximum atomic E-state index is 11.5. The zero-order valence-electron chi connectivity index (χ0n) is 15.4. The van der Waals surface area contributed by atoms with Crippen LogP contribution in [0.4, 0.5) is 0 Å². The zero-order valence-corrected chi connectivity index (χ0v) is 15.4. The fourth-order valence-electron chi connectivity index (χ4n) is 3.49. The van der Waals surface area contributed by atoms with Gasteiger partial charge in [-0.15, -0.1) is 5.10 Å². The highest BCUT2D eigenvalue weighted by Crippen LogP contribution is 2.24. The number of carbonyl (C=O) groups excluding carboxylic acids is 1. The van der Waals surface area contributed by atoms with E-state index in [4.69, 9.17) is 0 Å². The standard InChI is InChI=1S/C17H26N6O2/c1-5-22-13(3)15(12(2)19-22)10-21-8-6-14(7-9-21)23-11-16(18-20-23)17(24)25-4/h11,14H,5-10H2,1-4H3. The summed E-state index contributed by atoms with van der Waals surface area (Å²) in [6.07, 6.45) is 3.67. The second-order valence-electron chi connectivity index (χ2n) is 6.55. The lowest BCUT2D eigenvalue weighted by Gasteiger charge is -2.31. The predicted octanol–water partition coefficient (Wildman–Crippen LogP) is 1.74. The van der Waals surface area contributed by atoms with E-state index < -0.39 is 5.97 Å². The number of likely N-dealkylation sites (tertiary alicyclic amines) is 1. The summed E-state index contributed by atoms with van der Waals surface area (Å²) in [4.78, 5) is 14.0. The van der Waals surface area contributed by atoms with E-state index in [1.54, 1.807) is 10.9 Å². The van der Waals surface area contributed by atoms with Crippen LogP contribution in [0.2, 0.25) is 0 Å². The molecule has 0 unspecified atom stereocenters. The fourth-order valence-corrected chi connectivity index (χ4v) is 3.49. The molecule has 136 valence electrons. The van der Waals surface area contributed by atoms with E-state index in [0.29, 0.717) is 0 Å². The highest BCUT2D eigenvalue weighted by atomic mass is 16.5. The molecule has 0 amide bonds. The van der Waals surface area contributed by atoms with Crippen LogP contribution in [0.5, 0.6) is 0 Å². The van der Waals surface area contributed by atoms with Gasteiger partial charge in [0, 0.05) is 37.4 Å². The quantitative estimate of drug-likeness (QED) is 0.768. The van der Waals surface area contributed by atoms with Crippen LogP contribution < -0.4 is 0 Å². The molecule has 1 fully saturated rings. The van der Waals surface area contributed by atoms with Gasteiger partial charge in [0.25, 0.3) is 0 Å². The van der Waals surface area contributed by atoms with Crippen LogP contribution in [0.3, 0.4) is 0 Å². The Morgan fingerprint density at radius 1 is 1.32 bits per heavy atom. The number of hydrogen-bond acceptors (Lipinski definition) is 6. The van der Waals surface area contributed by atoms with E-state index >= 15 is 0 Å². The molecular weight excluding hydrogens is 320 g/mol. The normalized spacial score (nSPS) is 16.3. The minimum atomic E-state index is -0.442. The average Bonchev–Trinajstić information content (AvgIpc) is 3.22. The molecule has 0 aromatic carbocycles. The van der Waals surface area contributed by atoms with E-state index in [0.717, 1.165) is 44.7 Å². The van der Waals surface area contributed by atoms with E-state index in [1.165, 1.54) is 18.4 Å². The fraction of sp³-hybridized carbons (Fsp3) is 0.647. The van der Waals surface area contributed by atoms with Crippen molar-refractivity contribution >= 4 is 5.97 Å². The van der Waals surface area contributed by atoms with Crippen molar-refractivity contribution in [1.82, 2.24) is 29.7 Å². The van der Waals surface area contributed by atoms with Crippen molar-refractivity contribution in [3.05, 3.63) is 28.8 Å². The van der Waals surface area contributed by atoms with Crippen molar-refractivity contribution in [2.45, 2.75) is 52.7 Å². The van der Waals surface area contributed by atoms with Gasteiger partial charge in [0.1, 0.15) is 0 Å². The number of piperidine rings is 1. The average molecular weight is 346 g/mol. The van der Waals surface area contributed by atoms with Gasteiger partial charge < -0.3 is 4.74 Å². The molecule has 0 bridgehead atoms. The molecule has 1 aliphatic rings. The van der Waals surface area contributed by atoms with Crippen molar-refractivity contribution in [2.75, 3.05) is 20.2 Å². The Hall–Kier alpha value is -2.22.